The Balaban J connectivity index is 2.54. The minimum atomic E-state index is 0.513. The van der Waals surface area contributed by atoms with Crippen molar-refractivity contribution >= 4 is 0 Å². The van der Waals surface area contributed by atoms with Gasteiger partial charge in [-0.15, -0.1) is 0 Å². The van der Waals surface area contributed by atoms with Crippen LogP contribution in [-0.4, -0.2) is 13.2 Å². The maximum Gasteiger partial charge on any atom is 0.123 e. The minimum Gasteiger partial charge on any atom is -0.493 e. The van der Waals surface area contributed by atoms with Crippen LogP contribution in [0.2, 0.25) is 0 Å². The van der Waals surface area contributed by atoms with Gasteiger partial charge in [-0.05, 0) is 19.0 Å². The zero-order valence-corrected chi connectivity index (χ0v) is 7.70. The Bertz CT molecular complexity index is 250. The van der Waals surface area contributed by atoms with E-state index in [4.69, 9.17) is 16.2 Å². The summed E-state index contributed by atoms with van der Waals surface area (Å²) in [6, 6.07) is 7.80. The zero-order chi connectivity index (χ0) is 9.52. The summed E-state index contributed by atoms with van der Waals surface area (Å²) in [6.45, 7) is 1.83. The Kier molecular flexibility index (Phi) is 4.29. The Hall–Kier alpha value is -1.06. The monoisotopic (exact) mass is 180 g/mol. The average molecular weight is 180 g/mol. The molecular weight excluding hydrogens is 164 g/mol. The largest absolute Gasteiger partial charge is 0.493 e. The van der Waals surface area contributed by atoms with Crippen LogP contribution in [0, 0.1) is 0 Å². The van der Waals surface area contributed by atoms with E-state index in [1.807, 2.05) is 24.3 Å². The smallest absolute Gasteiger partial charge is 0.123 e. The number of nitrogens with two attached hydrogens (primary N) is 2. The van der Waals surface area contributed by atoms with Gasteiger partial charge < -0.3 is 16.2 Å². The first kappa shape index (κ1) is 10.0. The molecule has 0 saturated heterocycles. The maximum absolute atomic E-state index is 5.55. The van der Waals surface area contributed by atoms with Gasteiger partial charge in [-0.2, -0.15) is 0 Å². The van der Waals surface area contributed by atoms with Gasteiger partial charge in [0, 0.05) is 12.1 Å². The van der Waals surface area contributed by atoms with Crippen LogP contribution < -0.4 is 16.2 Å². The van der Waals surface area contributed by atoms with E-state index in [9.17, 15) is 0 Å². The highest BCUT2D eigenvalue weighted by Gasteiger charge is 1.99. The van der Waals surface area contributed by atoms with Gasteiger partial charge in [0.05, 0.1) is 6.61 Å². The molecule has 0 aromatic heterocycles. The van der Waals surface area contributed by atoms with Crippen molar-refractivity contribution in [2.45, 2.75) is 13.0 Å². The molecule has 4 N–H and O–H groups in total. The van der Waals surface area contributed by atoms with Gasteiger partial charge in [0.15, 0.2) is 0 Å². The summed E-state index contributed by atoms with van der Waals surface area (Å²) in [5, 5.41) is 0. The third-order valence-corrected chi connectivity index (χ3v) is 1.80. The standard InChI is InChI=1S/C10H16N2O/c11-6-3-7-13-10-5-2-1-4-9(10)8-12/h1-2,4-5H,3,6-8,11-12H2. The number of para-hydroxylation sites is 1. The summed E-state index contributed by atoms with van der Waals surface area (Å²) in [5.41, 5.74) is 11.9. The van der Waals surface area contributed by atoms with Crippen LogP contribution in [-0.2, 0) is 6.54 Å². The summed E-state index contributed by atoms with van der Waals surface area (Å²) < 4.78 is 5.51. The van der Waals surface area contributed by atoms with Gasteiger partial charge in [0.1, 0.15) is 5.75 Å². The van der Waals surface area contributed by atoms with Crippen LogP contribution in [0.4, 0.5) is 0 Å². The first-order valence-electron chi connectivity index (χ1n) is 4.49. The highest BCUT2D eigenvalue weighted by Crippen LogP contribution is 2.16. The van der Waals surface area contributed by atoms with E-state index in [1.165, 1.54) is 0 Å². The van der Waals surface area contributed by atoms with E-state index in [0.717, 1.165) is 17.7 Å². The second kappa shape index (κ2) is 5.56. The number of ether oxygens (including phenoxy) is 1. The Labute approximate surface area is 78.7 Å². The summed E-state index contributed by atoms with van der Waals surface area (Å²) in [5.74, 6) is 0.874. The second-order valence-corrected chi connectivity index (χ2v) is 2.80. The Morgan fingerprint density at radius 1 is 1.15 bits per heavy atom. The van der Waals surface area contributed by atoms with E-state index < -0.39 is 0 Å². The molecule has 0 bridgehead atoms. The molecule has 13 heavy (non-hydrogen) atoms. The lowest BCUT2D eigenvalue weighted by Gasteiger charge is -2.08. The molecule has 0 aliphatic heterocycles. The van der Waals surface area contributed by atoms with Crippen molar-refractivity contribution in [3.63, 3.8) is 0 Å². The molecule has 3 nitrogen and oxygen atoms in total. The van der Waals surface area contributed by atoms with Crippen LogP contribution in [0.15, 0.2) is 24.3 Å². The predicted molar refractivity (Wildman–Crippen MR) is 53.5 cm³/mol. The zero-order valence-electron chi connectivity index (χ0n) is 7.70. The first-order chi connectivity index (χ1) is 6.38. The third kappa shape index (κ3) is 3.05. The number of hydrogen-bond donors (Lipinski definition) is 2. The Morgan fingerprint density at radius 2 is 1.92 bits per heavy atom. The molecule has 0 spiro atoms. The highest BCUT2D eigenvalue weighted by molar-refractivity contribution is 5.32. The fourth-order valence-electron chi connectivity index (χ4n) is 1.08. The van der Waals surface area contributed by atoms with Crippen LogP contribution in [0.1, 0.15) is 12.0 Å². The van der Waals surface area contributed by atoms with Crippen molar-refractivity contribution in [3.8, 4) is 5.75 Å². The quantitative estimate of drug-likeness (QED) is 0.661. The molecule has 0 aliphatic rings. The molecule has 72 valence electrons. The SMILES string of the molecule is NCCCOc1ccccc1CN. The van der Waals surface area contributed by atoms with Crippen molar-refractivity contribution in [1.29, 1.82) is 0 Å². The minimum absolute atomic E-state index is 0.513. The second-order valence-electron chi connectivity index (χ2n) is 2.80. The molecule has 3 heteroatoms. The van der Waals surface area contributed by atoms with E-state index in [2.05, 4.69) is 0 Å². The lowest BCUT2D eigenvalue weighted by molar-refractivity contribution is 0.310. The summed E-state index contributed by atoms with van der Waals surface area (Å²) >= 11 is 0. The topological polar surface area (TPSA) is 61.3 Å². The molecule has 0 atom stereocenters. The normalized spacial score (nSPS) is 10.0. The van der Waals surface area contributed by atoms with Crippen molar-refractivity contribution in [1.82, 2.24) is 0 Å². The number of hydrogen-bond acceptors (Lipinski definition) is 3. The molecule has 0 unspecified atom stereocenters. The molecule has 0 aliphatic carbocycles. The molecule has 0 saturated carbocycles. The maximum atomic E-state index is 5.55. The van der Waals surface area contributed by atoms with Crippen molar-refractivity contribution in [2.75, 3.05) is 13.2 Å². The highest BCUT2D eigenvalue weighted by atomic mass is 16.5. The first-order valence-corrected chi connectivity index (χ1v) is 4.49. The molecule has 0 amide bonds. The van der Waals surface area contributed by atoms with Crippen molar-refractivity contribution < 1.29 is 4.74 Å². The molecule has 0 radical (unpaired) electrons. The van der Waals surface area contributed by atoms with Crippen LogP contribution in [0.25, 0.3) is 0 Å². The fourth-order valence-corrected chi connectivity index (χ4v) is 1.08. The van der Waals surface area contributed by atoms with E-state index in [-0.39, 0.29) is 0 Å². The summed E-state index contributed by atoms with van der Waals surface area (Å²) in [6.07, 6.45) is 0.874. The van der Waals surface area contributed by atoms with Gasteiger partial charge in [0.25, 0.3) is 0 Å². The third-order valence-electron chi connectivity index (χ3n) is 1.80. The fraction of sp³-hybridized carbons (Fsp3) is 0.400. The lowest BCUT2D eigenvalue weighted by atomic mass is 10.2. The summed E-state index contributed by atoms with van der Waals surface area (Å²) in [4.78, 5) is 0. The van der Waals surface area contributed by atoms with Crippen LogP contribution in [0.3, 0.4) is 0 Å². The molecule has 0 heterocycles. The molecule has 1 aromatic carbocycles. The molecule has 0 fully saturated rings. The van der Waals surface area contributed by atoms with Gasteiger partial charge in [-0.25, -0.2) is 0 Å². The average Bonchev–Trinajstić information content (AvgIpc) is 2.19. The van der Waals surface area contributed by atoms with Gasteiger partial charge in [-0.1, -0.05) is 18.2 Å². The van der Waals surface area contributed by atoms with Crippen molar-refractivity contribution in [2.24, 2.45) is 11.5 Å². The van der Waals surface area contributed by atoms with Crippen LogP contribution >= 0.6 is 0 Å². The predicted octanol–water partition coefficient (Wildman–Crippen LogP) is 0.873. The Morgan fingerprint density at radius 3 is 2.62 bits per heavy atom. The lowest BCUT2D eigenvalue weighted by Crippen LogP contribution is -2.08. The van der Waals surface area contributed by atoms with Crippen LogP contribution in [0.5, 0.6) is 5.75 Å². The van der Waals surface area contributed by atoms with E-state index in [1.54, 1.807) is 0 Å². The van der Waals surface area contributed by atoms with Gasteiger partial charge in [0.2, 0.25) is 0 Å². The molecule has 1 rings (SSSR count). The number of benzene rings is 1. The number of rotatable bonds is 5. The summed E-state index contributed by atoms with van der Waals surface area (Å²) in [7, 11) is 0. The molecular formula is C10H16N2O. The van der Waals surface area contributed by atoms with E-state index >= 15 is 0 Å². The van der Waals surface area contributed by atoms with Gasteiger partial charge >= 0.3 is 0 Å². The van der Waals surface area contributed by atoms with E-state index in [0.29, 0.717) is 19.7 Å². The van der Waals surface area contributed by atoms with Gasteiger partial charge in [-0.3, -0.25) is 0 Å². The van der Waals surface area contributed by atoms with Crippen molar-refractivity contribution in [3.05, 3.63) is 29.8 Å². The molecule has 1 aromatic rings.